The summed E-state index contributed by atoms with van der Waals surface area (Å²) in [6.07, 6.45) is 24.5. The van der Waals surface area contributed by atoms with E-state index in [-0.39, 0.29) is 0 Å². The minimum absolute atomic E-state index is 0.717. The average Bonchev–Trinajstić information content (AvgIpc) is 3.08. The Bertz CT molecular complexity index is 294. The zero-order valence-electron chi connectivity index (χ0n) is 14.8. The lowest BCUT2D eigenvalue weighted by molar-refractivity contribution is -0.128. The van der Waals surface area contributed by atoms with Gasteiger partial charge in [-0.05, 0) is 67.6 Å². The van der Waals surface area contributed by atoms with Crippen molar-refractivity contribution in [2.75, 3.05) is 0 Å². The topological polar surface area (TPSA) is 0 Å². The molecular formula is C21H38. The van der Waals surface area contributed by atoms with Crippen molar-refractivity contribution in [2.24, 2.45) is 16.2 Å². The molecule has 0 heterocycles. The molecule has 0 amide bonds. The second kappa shape index (κ2) is 6.25. The van der Waals surface area contributed by atoms with Crippen LogP contribution in [0.15, 0.2) is 0 Å². The highest BCUT2D eigenvalue weighted by Gasteiger charge is 2.60. The molecule has 0 atom stereocenters. The van der Waals surface area contributed by atoms with Crippen LogP contribution in [-0.4, -0.2) is 0 Å². The Labute approximate surface area is 133 Å². The molecule has 122 valence electrons. The smallest absolute Gasteiger partial charge is 0.0185 e. The van der Waals surface area contributed by atoms with Gasteiger partial charge in [0.15, 0.2) is 0 Å². The fourth-order valence-electron chi connectivity index (χ4n) is 7.40. The van der Waals surface area contributed by atoms with Gasteiger partial charge in [-0.2, -0.15) is 0 Å². The summed E-state index contributed by atoms with van der Waals surface area (Å²) in [7, 11) is 0. The normalized spacial score (nSPS) is 31.1. The summed E-state index contributed by atoms with van der Waals surface area (Å²) in [5.74, 6) is 0. The Balaban J connectivity index is 2.01. The molecule has 0 bridgehead atoms. The lowest BCUT2D eigenvalue weighted by atomic mass is 9.42. The van der Waals surface area contributed by atoms with Crippen LogP contribution in [0.1, 0.15) is 117 Å². The van der Waals surface area contributed by atoms with Gasteiger partial charge in [-0.25, -0.2) is 0 Å². The van der Waals surface area contributed by atoms with Gasteiger partial charge in [-0.1, -0.05) is 65.2 Å². The van der Waals surface area contributed by atoms with Crippen LogP contribution in [-0.2, 0) is 0 Å². The van der Waals surface area contributed by atoms with Gasteiger partial charge in [0, 0.05) is 0 Å². The summed E-state index contributed by atoms with van der Waals surface area (Å²) in [6, 6.07) is 0. The maximum atomic E-state index is 2.54. The van der Waals surface area contributed by atoms with Crippen LogP contribution in [0.4, 0.5) is 0 Å². The van der Waals surface area contributed by atoms with E-state index in [0.29, 0.717) is 0 Å². The molecule has 0 spiro atoms. The minimum atomic E-state index is 0.717. The first-order valence-corrected chi connectivity index (χ1v) is 10.2. The van der Waals surface area contributed by atoms with Gasteiger partial charge in [0.1, 0.15) is 0 Å². The third kappa shape index (κ3) is 2.31. The highest BCUT2D eigenvalue weighted by Crippen LogP contribution is 2.70. The maximum absolute atomic E-state index is 2.54. The van der Waals surface area contributed by atoms with Crippen molar-refractivity contribution >= 4 is 0 Å². The highest BCUT2D eigenvalue weighted by atomic mass is 14.6. The Morgan fingerprint density at radius 1 is 0.476 bits per heavy atom. The van der Waals surface area contributed by atoms with E-state index in [9.17, 15) is 0 Å². The standard InChI is InChI=1S/C21H38/c1-3-19(13-7-5-8-14-19)21(17-11-12-18-21)20(4-2)15-9-6-10-16-20/h3-18H2,1-2H3. The predicted molar refractivity (Wildman–Crippen MR) is 92.5 cm³/mol. The summed E-state index contributed by atoms with van der Waals surface area (Å²) < 4.78 is 0. The Morgan fingerprint density at radius 2 is 0.810 bits per heavy atom. The molecule has 3 aliphatic carbocycles. The highest BCUT2D eigenvalue weighted by molar-refractivity contribution is 5.10. The van der Waals surface area contributed by atoms with Gasteiger partial charge in [0.2, 0.25) is 0 Å². The molecule has 0 aromatic rings. The molecule has 0 unspecified atom stereocenters. The van der Waals surface area contributed by atoms with Gasteiger partial charge in [0.25, 0.3) is 0 Å². The third-order valence-electron chi connectivity index (χ3n) is 8.46. The van der Waals surface area contributed by atoms with Crippen molar-refractivity contribution in [1.82, 2.24) is 0 Å². The van der Waals surface area contributed by atoms with Gasteiger partial charge in [-0.15, -0.1) is 0 Å². The van der Waals surface area contributed by atoms with Gasteiger partial charge < -0.3 is 0 Å². The molecular weight excluding hydrogens is 252 g/mol. The number of hydrogen-bond acceptors (Lipinski definition) is 0. The SMILES string of the molecule is CCC1(C2(C3(CC)CCCCC3)CCCC2)CCCCC1. The predicted octanol–water partition coefficient (Wildman–Crippen LogP) is 7.27. The molecule has 3 rings (SSSR count). The molecule has 0 aliphatic heterocycles. The van der Waals surface area contributed by atoms with Crippen molar-refractivity contribution in [3.63, 3.8) is 0 Å². The van der Waals surface area contributed by atoms with Crippen LogP contribution < -0.4 is 0 Å². The molecule has 21 heavy (non-hydrogen) atoms. The average molecular weight is 291 g/mol. The molecule has 0 aromatic carbocycles. The maximum Gasteiger partial charge on any atom is -0.0185 e. The monoisotopic (exact) mass is 290 g/mol. The van der Waals surface area contributed by atoms with Crippen molar-refractivity contribution < 1.29 is 0 Å². The molecule has 0 nitrogen and oxygen atoms in total. The Kier molecular flexibility index (Phi) is 4.72. The van der Waals surface area contributed by atoms with Gasteiger partial charge >= 0.3 is 0 Å². The van der Waals surface area contributed by atoms with Crippen LogP contribution in [0.25, 0.3) is 0 Å². The molecule has 3 saturated carbocycles. The fraction of sp³-hybridized carbons (Fsp3) is 1.00. The summed E-state index contributed by atoms with van der Waals surface area (Å²) in [6.45, 7) is 5.08. The zero-order chi connectivity index (χ0) is 14.8. The lowest BCUT2D eigenvalue weighted by Gasteiger charge is -2.62. The summed E-state index contributed by atoms with van der Waals surface area (Å²) in [5, 5.41) is 0. The largest absolute Gasteiger partial charge is 0.0648 e. The van der Waals surface area contributed by atoms with Crippen molar-refractivity contribution in [1.29, 1.82) is 0 Å². The quantitative estimate of drug-likeness (QED) is 0.510. The fourth-order valence-corrected chi connectivity index (χ4v) is 7.40. The van der Waals surface area contributed by atoms with E-state index in [1.54, 1.807) is 38.5 Å². The van der Waals surface area contributed by atoms with E-state index in [4.69, 9.17) is 0 Å². The Hall–Kier alpha value is 0. The molecule has 0 N–H and O–H groups in total. The van der Waals surface area contributed by atoms with E-state index in [0.717, 1.165) is 16.2 Å². The first-order valence-electron chi connectivity index (χ1n) is 10.2. The van der Waals surface area contributed by atoms with E-state index in [1.165, 1.54) is 64.2 Å². The minimum Gasteiger partial charge on any atom is -0.0648 e. The first kappa shape index (κ1) is 15.9. The molecule has 0 heteroatoms. The van der Waals surface area contributed by atoms with Crippen LogP contribution in [0.2, 0.25) is 0 Å². The molecule has 0 radical (unpaired) electrons. The third-order valence-corrected chi connectivity index (χ3v) is 8.46. The summed E-state index contributed by atoms with van der Waals surface area (Å²) >= 11 is 0. The molecule has 3 fully saturated rings. The van der Waals surface area contributed by atoms with Crippen molar-refractivity contribution in [3.8, 4) is 0 Å². The van der Waals surface area contributed by atoms with E-state index < -0.39 is 0 Å². The van der Waals surface area contributed by atoms with Crippen LogP contribution in [0, 0.1) is 16.2 Å². The van der Waals surface area contributed by atoms with Gasteiger partial charge in [0.05, 0.1) is 0 Å². The number of rotatable bonds is 4. The lowest BCUT2D eigenvalue weighted by Crippen LogP contribution is -2.53. The van der Waals surface area contributed by atoms with Crippen LogP contribution in [0.5, 0.6) is 0 Å². The zero-order valence-corrected chi connectivity index (χ0v) is 14.8. The van der Waals surface area contributed by atoms with Crippen molar-refractivity contribution in [2.45, 2.75) is 117 Å². The second-order valence-corrected chi connectivity index (χ2v) is 8.68. The Morgan fingerprint density at radius 3 is 1.14 bits per heavy atom. The first-order chi connectivity index (χ1) is 10.2. The van der Waals surface area contributed by atoms with E-state index in [2.05, 4.69) is 13.8 Å². The molecule has 3 aliphatic rings. The van der Waals surface area contributed by atoms with E-state index in [1.807, 2.05) is 0 Å². The van der Waals surface area contributed by atoms with Gasteiger partial charge in [-0.3, -0.25) is 0 Å². The van der Waals surface area contributed by atoms with Crippen LogP contribution >= 0.6 is 0 Å². The molecule has 0 aromatic heterocycles. The van der Waals surface area contributed by atoms with Crippen LogP contribution in [0.3, 0.4) is 0 Å². The summed E-state index contributed by atoms with van der Waals surface area (Å²) in [5.41, 5.74) is 2.16. The summed E-state index contributed by atoms with van der Waals surface area (Å²) in [4.78, 5) is 0. The number of hydrogen-bond donors (Lipinski definition) is 0. The van der Waals surface area contributed by atoms with E-state index >= 15 is 0 Å². The second-order valence-electron chi connectivity index (χ2n) is 8.68. The van der Waals surface area contributed by atoms with Crippen molar-refractivity contribution in [3.05, 3.63) is 0 Å². The molecule has 0 saturated heterocycles.